The number of alkyl carbamates (subject to hydrolysis) is 1. The van der Waals surface area contributed by atoms with Gasteiger partial charge in [-0.25, -0.2) is 4.79 Å². The summed E-state index contributed by atoms with van der Waals surface area (Å²) in [6.45, 7) is 3.38. The molecule has 0 aromatic heterocycles. The summed E-state index contributed by atoms with van der Waals surface area (Å²) in [5.41, 5.74) is 4.63. The zero-order chi connectivity index (χ0) is 24.8. The molecular formula is C28H34N2O5. The minimum Gasteiger partial charge on any atom is -0.481 e. The van der Waals surface area contributed by atoms with E-state index in [1.165, 1.54) is 11.1 Å². The normalized spacial score (nSPS) is 16.3. The number of hydrogen-bond acceptors (Lipinski definition) is 4. The topological polar surface area (TPSA) is 95.9 Å². The summed E-state index contributed by atoms with van der Waals surface area (Å²) in [4.78, 5) is 38.5. The number of carbonyl (C=O) groups is 3. The van der Waals surface area contributed by atoms with Crippen molar-refractivity contribution in [3.63, 3.8) is 0 Å². The van der Waals surface area contributed by atoms with Crippen molar-refractivity contribution in [2.75, 3.05) is 19.7 Å². The summed E-state index contributed by atoms with van der Waals surface area (Å²) in [5, 5.41) is 11.7. The lowest BCUT2D eigenvalue weighted by atomic mass is 9.92. The first kappa shape index (κ1) is 24.8. The number of carboxylic acid groups (broad SMARTS) is 1. The summed E-state index contributed by atoms with van der Waals surface area (Å²) >= 11 is 0. The van der Waals surface area contributed by atoms with Gasteiger partial charge in [0.15, 0.2) is 0 Å². The molecule has 186 valence electrons. The van der Waals surface area contributed by atoms with Gasteiger partial charge in [0.05, 0.1) is 0 Å². The van der Waals surface area contributed by atoms with Crippen LogP contribution in [0.15, 0.2) is 48.5 Å². The Morgan fingerprint density at radius 3 is 2.20 bits per heavy atom. The molecule has 0 unspecified atom stereocenters. The second kappa shape index (κ2) is 11.4. The molecule has 1 atom stereocenters. The molecule has 2 aliphatic rings. The molecule has 0 spiro atoms. The molecule has 2 N–H and O–H groups in total. The number of rotatable bonds is 9. The first-order valence-corrected chi connectivity index (χ1v) is 12.6. The number of nitrogens with one attached hydrogen (secondary N) is 1. The molecule has 7 heteroatoms. The third kappa shape index (κ3) is 5.84. The molecule has 2 aromatic carbocycles. The number of ether oxygens (including phenoxy) is 1. The number of carboxylic acids is 1. The van der Waals surface area contributed by atoms with E-state index in [0.29, 0.717) is 31.8 Å². The van der Waals surface area contributed by atoms with E-state index in [1.807, 2.05) is 31.2 Å². The Labute approximate surface area is 206 Å². The molecule has 1 heterocycles. The maximum absolute atomic E-state index is 13.1. The molecule has 1 aliphatic heterocycles. The molecule has 35 heavy (non-hydrogen) atoms. The fourth-order valence-corrected chi connectivity index (χ4v) is 5.32. The average Bonchev–Trinajstić information content (AvgIpc) is 3.19. The lowest BCUT2D eigenvalue weighted by molar-refractivity contribution is -0.138. The van der Waals surface area contributed by atoms with E-state index < -0.39 is 18.1 Å². The van der Waals surface area contributed by atoms with Crippen LogP contribution in [-0.4, -0.2) is 53.7 Å². The van der Waals surface area contributed by atoms with E-state index in [1.54, 1.807) is 4.90 Å². The van der Waals surface area contributed by atoms with E-state index in [0.717, 1.165) is 30.4 Å². The highest BCUT2D eigenvalue weighted by Crippen LogP contribution is 2.44. The average molecular weight is 479 g/mol. The lowest BCUT2D eigenvalue weighted by Gasteiger charge is -2.34. The van der Waals surface area contributed by atoms with Crippen LogP contribution in [0.5, 0.6) is 0 Å². The molecule has 4 rings (SSSR count). The number of carbonyl (C=O) groups excluding carboxylic acids is 2. The van der Waals surface area contributed by atoms with Gasteiger partial charge < -0.3 is 20.1 Å². The van der Waals surface area contributed by atoms with Crippen molar-refractivity contribution in [3.05, 3.63) is 59.7 Å². The van der Waals surface area contributed by atoms with Crippen LogP contribution in [0.3, 0.4) is 0 Å². The maximum atomic E-state index is 13.1. The van der Waals surface area contributed by atoms with Crippen molar-refractivity contribution >= 4 is 18.0 Å². The predicted molar refractivity (Wildman–Crippen MR) is 133 cm³/mol. The van der Waals surface area contributed by atoms with Crippen molar-refractivity contribution in [2.45, 2.75) is 57.4 Å². The molecule has 2 amide bonds. The van der Waals surface area contributed by atoms with E-state index >= 15 is 0 Å². The Bertz CT molecular complexity index is 1020. The van der Waals surface area contributed by atoms with Crippen LogP contribution in [0.25, 0.3) is 11.1 Å². The Kier molecular flexibility index (Phi) is 8.06. The van der Waals surface area contributed by atoms with Gasteiger partial charge in [-0.3, -0.25) is 9.59 Å². The van der Waals surface area contributed by atoms with Gasteiger partial charge in [0.2, 0.25) is 5.91 Å². The van der Waals surface area contributed by atoms with Gasteiger partial charge in [0.1, 0.15) is 12.6 Å². The molecule has 0 saturated carbocycles. The Morgan fingerprint density at radius 2 is 1.63 bits per heavy atom. The van der Waals surface area contributed by atoms with E-state index in [-0.39, 0.29) is 24.9 Å². The SMILES string of the molecule is CCC[C@H](NC(=O)OCC1c2ccccc2-c2ccccc21)C(=O)N1CCC(CCC(=O)O)CC1. The van der Waals surface area contributed by atoms with Gasteiger partial charge in [-0.05, 0) is 53.9 Å². The highest BCUT2D eigenvalue weighted by Gasteiger charge is 2.31. The number of hydrogen-bond donors (Lipinski definition) is 2. The van der Waals surface area contributed by atoms with Crippen molar-refractivity contribution in [3.8, 4) is 11.1 Å². The van der Waals surface area contributed by atoms with E-state index in [4.69, 9.17) is 9.84 Å². The molecule has 0 bridgehead atoms. The summed E-state index contributed by atoms with van der Waals surface area (Å²) in [6, 6.07) is 15.7. The number of aliphatic carboxylic acids is 1. The third-order valence-corrected chi connectivity index (χ3v) is 7.20. The van der Waals surface area contributed by atoms with E-state index in [9.17, 15) is 14.4 Å². The number of benzene rings is 2. The fraction of sp³-hybridized carbons (Fsp3) is 0.464. The van der Waals surface area contributed by atoms with Crippen molar-refractivity contribution in [2.24, 2.45) is 5.92 Å². The van der Waals surface area contributed by atoms with Crippen LogP contribution in [0.1, 0.15) is 62.5 Å². The van der Waals surface area contributed by atoms with Crippen LogP contribution in [0, 0.1) is 5.92 Å². The first-order valence-electron chi connectivity index (χ1n) is 12.6. The van der Waals surface area contributed by atoms with Gasteiger partial charge in [0, 0.05) is 25.4 Å². The minimum atomic E-state index is -0.779. The summed E-state index contributed by atoms with van der Waals surface area (Å²) < 4.78 is 5.65. The molecule has 1 saturated heterocycles. The van der Waals surface area contributed by atoms with Crippen LogP contribution in [-0.2, 0) is 14.3 Å². The first-order chi connectivity index (χ1) is 17.0. The number of likely N-dealkylation sites (tertiary alicyclic amines) is 1. The number of nitrogens with zero attached hydrogens (tertiary/aromatic N) is 1. The smallest absolute Gasteiger partial charge is 0.407 e. The highest BCUT2D eigenvalue weighted by atomic mass is 16.5. The highest BCUT2D eigenvalue weighted by molar-refractivity contribution is 5.86. The number of fused-ring (bicyclic) bond motifs is 3. The summed E-state index contributed by atoms with van der Waals surface area (Å²) in [5.74, 6) is -0.566. The third-order valence-electron chi connectivity index (χ3n) is 7.20. The fourth-order valence-electron chi connectivity index (χ4n) is 5.32. The second-order valence-corrected chi connectivity index (χ2v) is 9.51. The summed E-state index contributed by atoms with van der Waals surface area (Å²) in [6.07, 6.45) is 3.13. The largest absolute Gasteiger partial charge is 0.481 e. The molecular weight excluding hydrogens is 444 g/mol. The zero-order valence-corrected chi connectivity index (χ0v) is 20.2. The molecule has 2 aromatic rings. The van der Waals surface area contributed by atoms with Gasteiger partial charge in [-0.15, -0.1) is 0 Å². The Hall–Kier alpha value is -3.35. The number of piperidine rings is 1. The minimum absolute atomic E-state index is 0.0293. The van der Waals surface area contributed by atoms with Crippen LogP contribution in [0.2, 0.25) is 0 Å². The van der Waals surface area contributed by atoms with Crippen molar-refractivity contribution in [1.29, 1.82) is 0 Å². The van der Waals surface area contributed by atoms with Gasteiger partial charge in [-0.1, -0.05) is 61.9 Å². The summed E-state index contributed by atoms with van der Waals surface area (Å²) in [7, 11) is 0. The molecule has 1 fully saturated rings. The molecule has 1 aliphatic carbocycles. The number of amides is 2. The second-order valence-electron chi connectivity index (χ2n) is 9.51. The van der Waals surface area contributed by atoms with Crippen molar-refractivity contribution in [1.82, 2.24) is 10.2 Å². The van der Waals surface area contributed by atoms with E-state index in [2.05, 4.69) is 29.6 Å². The van der Waals surface area contributed by atoms with Gasteiger partial charge in [0.25, 0.3) is 0 Å². The van der Waals surface area contributed by atoms with Crippen LogP contribution in [0.4, 0.5) is 4.79 Å². The van der Waals surface area contributed by atoms with Gasteiger partial charge >= 0.3 is 12.1 Å². The quantitative estimate of drug-likeness (QED) is 0.540. The van der Waals surface area contributed by atoms with Crippen LogP contribution < -0.4 is 5.32 Å². The predicted octanol–water partition coefficient (Wildman–Crippen LogP) is 4.80. The van der Waals surface area contributed by atoms with Crippen molar-refractivity contribution < 1.29 is 24.2 Å². The Balaban J connectivity index is 1.33. The zero-order valence-electron chi connectivity index (χ0n) is 20.2. The maximum Gasteiger partial charge on any atom is 0.407 e. The van der Waals surface area contributed by atoms with Gasteiger partial charge in [-0.2, -0.15) is 0 Å². The lowest BCUT2D eigenvalue weighted by Crippen LogP contribution is -2.51. The Morgan fingerprint density at radius 1 is 1.03 bits per heavy atom. The molecule has 7 nitrogen and oxygen atoms in total. The monoisotopic (exact) mass is 478 g/mol. The standard InChI is InChI=1S/C28H34N2O5/c1-2-7-25(27(33)30-16-14-19(15-17-30)12-13-26(31)32)29-28(34)35-18-24-22-10-5-3-8-20(22)21-9-4-6-11-23(21)24/h3-6,8-11,19,24-25H,2,7,12-18H2,1H3,(H,29,34)(H,31,32)/t25-/m0/s1. The molecule has 0 radical (unpaired) electrons. The van der Waals surface area contributed by atoms with Crippen LogP contribution >= 0.6 is 0 Å².